The number of hydrogen-bond donors (Lipinski definition) is 3. The van der Waals surface area contributed by atoms with Gasteiger partial charge < -0.3 is 20.1 Å². The highest BCUT2D eigenvalue weighted by atomic mass is 35.5. The quantitative estimate of drug-likeness (QED) is 0.646. The van der Waals surface area contributed by atoms with Gasteiger partial charge in [-0.1, -0.05) is 23.7 Å². The molecule has 0 spiro atoms. The number of aryl methyl sites for hydroxylation is 2. The van der Waals surface area contributed by atoms with Crippen LogP contribution in [0, 0.1) is 0 Å². The van der Waals surface area contributed by atoms with E-state index in [0.717, 1.165) is 5.56 Å². The molecule has 0 saturated carbocycles. The maximum atomic E-state index is 9.89. The van der Waals surface area contributed by atoms with Crippen LogP contribution in [0.4, 0.5) is 0 Å². The van der Waals surface area contributed by atoms with Gasteiger partial charge in [-0.15, -0.1) is 0 Å². The van der Waals surface area contributed by atoms with E-state index in [0.29, 0.717) is 29.2 Å². The molecule has 0 aliphatic carbocycles. The van der Waals surface area contributed by atoms with Crippen LogP contribution < -0.4 is 4.74 Å². The molecule has 0 fully saturated rings. The Morgan fingerprint density at radius 2 is 1.68 bits per heavy atom. The normalized spacial score (nSPS) is 13.1. The maximum Gasteiger partial charge on any atom is 0.205 e. The van der Waals surface area contributed by atoms with Crippen LogP contribution in [-0.2, 0) is 12.8 Å². The number of halogens is 1. The van der Waals surface area contributed by atoms with Crippen molar-refractivity contribution in [2.24, 2.45) is 0 Å². The second-order valence-electron chi connectivity index (χ2n) is 4.41. The molecule has 98 valence electrons. The van der Waals surface area contributed by atoms with E-state index in [1.807, 2.05) is 12.1 Å². The Balaban J connectivity index is 2.20. The number of para-hydroxylation sites is 1. The molecule has 1 heterocycles. The SMILES string of the molecule is Oc1cc2c(c(O)c1O)Oc1c(Cl)cccc1CC2. The van der Waals surface area contributed by atoms with Crippen molar-refractivity contribution in [1.82, 2.24) is 0 Å². The molecule has 3 N–H and O–H groups in total. The highest BCUT2D eigenvalue weighted by Crippen LogP contribution is 2.49. The van der Waals surface area contributed by atoms with Crippen LogP contribution in [0.2, 0.25) is 5.02 Å². The predicted octanol–water partition coefficient (Wildman–Crippen LogP) is 3.35. The van der Waals surface area contributed by atoms with E-state index < -0.39 is 11.5 Å². The smallest absolute Gasteiger partial charge is 0.205 e. The molecule has 0 aromatic heterocycles. The predicted molar refractivity (Wildman–Crippen MR) is 70.4 cm³/mol. The minimum Gasteiger partial charge on any atom is -0.504 e. The monoisotopic (exact) mass is 278 g/mol. The molecular formula is C14H11ClO4. The largest absolute Gasteiger partial charge is 0.504 e. The number of phenols is 3. The Kier molecular flexibility index (Phi) is 2.68. The minimum atomic E-state index is -0.589. The summed E-state index contributed by atoms with van der Waals surface area (Å²) >= 11 is 6.09. The van der Waals surface area contributed by atoms with Crippen LogP contribution in [0.25, 0.3) is 0 Å². The first-order valence-corrected chi connectivity index (χ1v) is 6.17. The average Bonchev–Trinajstić information content (AvgIpc) is 2.57. The topological polar surface area (TPSA) is 69.9 Å². The van der Waals surface area contributed by atoms with Gasteiger partial charge in [0.25, 0.3) is 0 Å². The van der Waals surface area contributed by atoms with Crippen molar-refractivity contribution in [2.45, 2.75) is 12.8 Å². The van der Waals surface area contributed by atoms with Crippen LogP contribution >= 0.6 is 11.6 Å². The molecule has 2 aromatic carbocycles. The van der Waals surface area contributed by atoms with Gasteiger partial charge in [-0.3, -0.25) is 0 Å². The van der Waals surface area contributed by atoms with Crippen molar-refractivity contribution >= 4 is 11.6 Å². The highest BCUT2D eigenvalue weighted by Gasteiger charge is 2.23. The lowest BCUT2D eigenvalue weighted by Gasteiger charge is -2.13. The molecule has 4 nitrogen and oxygen atoms in total. The van der Waals surface area contributed by atoms with Gasteiger partial charge in [0, 0.05) is 5.56 Å². The molecule has 0 bridgehead atoms. The van der Waals surface area contributed by atoms with Crippen molar-refractivity contribution in [2.75, 3.05) is 0 Å². The standard InChI is InChI=1S/C14H11ClO4/c15-9-3-1-2-7-4-5-8-6-10(16)11(17)12(18)14(8)19-13(7)9/h1-3,6,16-18H,4-5H2. The third-order valence-corrected chi connectivity index (χ3v) is 3.50. The first-order valence-electron chi connectivity index (χ1n) is 5.80. The lowest BCUT2D eigenvalue weighted by atomic mass is 10.0. The number of benzene rings is 2. The fourth-order valence-electron chi connectivity index (χ4n) is 2.22. The summed E-state index contributed by atoms with van der Waals surface area (Å²) in [5, 5.41) is 29.4. The van der Waals surface area contributed by atoms with Crippen LogP contribution in [0.5, 0.6) is 28.7 Å². The van der Waals surface area contributed by atoms with Crippen molar-refractivity contribution < 1.29 is 20.1 Å². The Hall–Kier alpha value is -2.07. The summed E-state index contributed by atoms with van der Waals surface area (Å²) in [6, 6.07) is 6.81. The molecule has 0 atom stereocenters. The number of phenolic OH excluding ortho intramolecular Hbond substituents is 3. The molecule has 0 saturated heterocycles. The third kappa shape index (κ3) is 1.85. The van der Waals surface area contributed by atoms with Gasteiger partial charge in [0.1, 0.15) is 5.75 Å². The maximum absolute atomic E-state index is 9.89. The number of fused-ring (bicyclic) bond motifs is 2. The first-order chi connectivity index (χ1) is 9.08. The summed E-state index contributed by atoms with van der Waals surface area (Å²) < 4.78 is 5.65. The molecule has 1 aliphatic heterocycles. The average molecular weight is 279 g/mol. The van der Waals surface area contributed by atoms with Crippen molar-refractivity contribution in [3.8, 4) is 28.7 Å². The van der Waals surface area contributed by atoms with Crippen LogP contribution in [0.3, 0.4) is 0 Å². The van der Waals surface area contributed by atoms with Crippen molar-refractivity contribution in [3.63, 3.8) is 0 Å². The zero-order valence-corrected chi connectivity index (χ0v) is 10.6. The molecular weight excluding hydrogens is 268 g/mol. The first kappa shape index (κ1) is 12.0. The molecule has 3 rings (SSSR count). The summed E-state index contributed by atoms with van der Waals surface area (Å²) in [4.78, 5) is 0. The molecule has 19 heavy (non-hydrogen) atoms. The van der Waals surface area contributed by atoms with Crippen LogP contribution in [-0.4, -0.2) is 15.3 Å². The highest BCUT2D eigenvalue weighted by molar-refractivity contribution is 6.32. The van der Waals surface area contributed by atoms with E-state index in [1.54, 1.807) is 6.07 Å². The Bertz CT molecular complexity index is 667. The fourth-order valence-corrected chi connectivity index (χ4v) is 2.45. The Labute approximate surface area is 114 Å². The van der Waals surface area contributed by atoms with Crippen LogP contribution in [0.1, 0.15) is 11.1 Å². The molecule has 0 radical (unpaired) electrons. The Morgan fingerprint density at radius 1 is 0.947 bits per heavy atom. The second-order valence-corrected chi connectivity index (χ2v) is 4.82. The van der Waals surface area contributed by atoms with E-state index in [9.17, 15) is 15.3 Å². The fraction of sp³-hybridized carbons (Fsp3) is 0.143. The zero-order chi connectivity index (χ0) is 13.6. The summed E-state index contributed by atoms with van der Waals surface area (Å²) in [6.45, 7) is 0. The summed E-state index contributed by atoms with van der Waals surface area (Å²) in [5.41, 5.74) is 1.54. The summed E-state index contributed by atoms with van der Waals surface area (Å²) in [7, 11) is 0. The van der Waals surface area contributed by atoms with Gasteiger partial charge in [-0.2, -0.15) is 0 Å². The van der Waals surface area contributed by atoms with E-state index in [1.165, 1.54) is 6.07 Å². The minimum absolute atomic E-state index is 0.141. The number of aromatic hydroxyl groups is 3. The van der Waals surface area contributed by atoms with Crippen LogP contribution in [0.15, 0.2) is 24.3 Å². The van der Waals surface area contributed by atoms with Gasteiger partial charge in [-0.05, 0) is 30.5 Å². The van der Waals surface area contributed by atoms with Gasteiger partial charge in [0.05, 0.1) is 5.02 Å². The lowest BCUT2D eigenvalue weighted by molar-refractivity contribution is 0.348. The summed E-state index contributed by atoms with van der Waals surface area (Å²) in [6.07, 6.45) is 1.25. The van der Waals surface area contributed by atoms with Gasteiger partial charge >= 0.3 is 0 Å². The second kappa shape index (κ2) is 4.24. The van der Waals surface area contributed by atoms with Gasteiger partial charge in [0.2, 0.25) is 11.5 Å². The third-order valence-electron chi connectivity index (χ3n) is 3.20. The zero-order valence-electron chi connectivity index (χ0n) is 9.85. The van der Waals surface area contributed by atoms with Gasteiger partial charge in [0.15, 0.2) is 11.5 Å². The molecule has 0 unspecified atom stereocenters. The van der Waals surface area contributed by atoms with Crippen molar-refractivity contribution in [3.05, 3.63) is 40.4 Å². The van der Waals surface area contributed by atoms with E-state index in [-0.39, 0.29) is 11.5 Å². The van der Waals surface area contributed by atoms with Crippen molar-refractivity contribution in [1.29, 1.82) is 0 Å². The van der Waals surface area contributed by atoms with E-state index in [2.05, 4.69) is 0 Å². The Morgan fingerprint density at radius 3 is 2.47 bits per heavy atom. The number of ether oxygens (including phenoxy) is 1. The van der Waals surface area contributed by atoms with E-state index in [4.69, 9.17) is 16.3 Å². The summed E-state index contributed by atoms with van der Waals surface area (Å²) in [5.74, 6) is -0.806. The molecule has 2 aromatic rings. The molecule has 5 heteroatoms. The molecule has 0 amide bonds. The lowest BCUT2D eigenvalue weighted by Crippen LogP contribution is -1.90. The van der Waals surface area contributed by atoms with Gasteiger partial charge in [-0.25, -0.2) is 0 Å². The number of hydrogen-bond acceptors (Lipinski definition) is 4. The van der Waals surface area contributed by atoms with E-state index >= 15 is 0 Å². The number of rotatable bonds is 0. The molecule has 1 aliphatic rings.